The lowest BCUT2D eigenvalue weighted by Crippen LogP contribution is -2.17. The Morgan fingerprint density at radius 2 is 2.05 bits per heavy atom. The molecule has 0 N–H and O–H groups in total. The number of hydrogen-bond donors (Lipinski definition) is 0. The second-order valence-electron chi connectivity index (χ2n) is 5.09. The van der Waals surface area contributed by atoms with E-state index in [0.29, 0.717) is 23.5 Å². The molecule has 3 heterocycles. The van der Waals surface area contributed by atoms with Gasteiger partial charge in [-0.1, -0.05) is 5.21 Å². The topological polar surface area (TPSA) is 74.6 Å². The van der Waals surface area contributed by atoms with Crippen LogP contribution in [0, 0.1) is 0 Å². The third-order valence-corrected chi connectivity index (χ3v) is 3.77. The monoisotopic (exact) mass is 270 g/mol. The lowest BCUT2D eigenvalue weighted by molar-refractivity contribution is 0.284. The minimum Gasteiger partial charge on any atom is -0.413 e. The predicted molar refractivity (Wildman–Crippen MR) is 70.6 cm³/mol. The summed E-state index contributed by atoms with van der Waals surface area (Å²) in [5.74, 6) is 0.900. The Bertz CT molecular complexity index is 735. The summed E-state index contributed by atoms with van der Waals surface area (Å²) < 4.78 is 9.51. The minimum absolute atomic E-state index is 0.409. The van der Waals surface area contributed by atoms with Crippen LogP contribution < -0.4 is 0 Å². The molecule has 1 aliphatic rings. The molecule has 7 nitrogen and oxygen atoms in total. The smallest absolute Gasteiger partial charge is 0.270 e. The van der Waals surface area contributed by atoms with Gasteiger partial charge in [-0.15, -0.1) is 15.3 Å². The Balaban J connectivity index is 1.64. The zero-order valence-corrected chi connectivity index (χ0v) is 11.1. The minimum atomic E-state index is 0.409. The van der Waals surface area contributed by atoms with E-state index in [1.165, 1.54) is 19.3 Å². The average molecular weight is 270 g/mol. The Morgan fingerprint density at radius 3 is 2.75 bits per heavy atom. The number of aromatic nitrogens is 6. The van der Waals surface area contributed by atoms with Crippen LogP contribution in [0.25, 0.3) is 23.2 Å². The zero-order valence-electron chi connectivity index (χ0n) is 11.1. The Morgan fingerprint density at radius 1 is 1.20 bits per heavy atom. The van der Waals surface area contributed by atoms with E-state index in [1.807, 2.05) is 40.8 Å². The maximum Gasteiger partial charge on any atom is 0.270 e. The van der Waals surface area contributed by atoms with Gasteiger partial charge in [-0.3, -0.25) is 0 Å². The van der Waals surface area contributed by atoms with Crippen LogP contribution in [0.3, 0.4) is 0 Å². The summed E-state index contributed by atoms with van der Waals surface area (Å²) in [6.45, 7) is 0. The summed E-state index contributed by atoms with van der Waals surface area (Å²) in [4.78, 5) is 0. The van der Waals surface area contributed by atoms with Crippen LogP contribution in [-0.4, -0.2) is 29.8 Å². The molecule has 102 valence electrons. The van der Waals surface area contributed by atoms with Crippen molar-refractivity contribution in [2.24, 2.45) is 7.05 Å². The molecule has 0 amide bonds. The van der Waals surface area contributed by atoms with Crippen molar-refractivity contribution in [3.63, 3.8) is 0 Å². The van der Waals surface area contributed by atoms with Gasteiger partial charge in [0.2, 0.25) is 0 Å². The predicted octanol–water partition coefficient (Wildman–Crippen LogP) is 2.06. The van der Waals surface area contributed by atoms with Crippen molar-refractivity contribution in [1.29, 1.82) is 0 Å². The van der Waals surface area contributed by atoms with E-state index in [9.17, 15) is 0 Å². The second-order valence-corrected chi connectivity index (χ2v) is 5.09. The molecule has 0 radical (unpaired) electrons. The summed E-state index contributed by atoms with van der Waals surface area (Å²) in [7, 11) is 1.94. The van der Waals surface area contributed by atoms with Crippen LogP contribution in [0.2, 0.25) is 0 Å². The largest absolute Gasteiger partial charge is 0.413 e. The van der Waals surface area contributed by atoms with Crippen molar-refractivity contribution in [3.05, 3.63) is 24.5 Å². The highest BCUT2D eigenvalue weighted by Crippen LogP contribution is 2.31. The molecule has 1 saturated carbocycles. The maximum atomic E-state index is 5.68. The van der Waals surface area contributed by atoms with Gasteiger partial charge in [-0.2, -0.15) is 0 Å². The lowest BCUT2D eigenvalue weighted by Gasteiger charge is -2.24. The normalized spacial score (nSPS) is 15.4. The molecule has 0 saturated heterocycles. The molecule has 4 rings (SSSR count). The molecule has 7 heteroatoms. The molecule has 1 aliphatic carbocycles. The third-order valence-electron chi connectivity index (χ3n) is 3.77. The van der Waals surface area contributed by atoms with Crippen LogP contribution in [0.15, 0.2) is 28.9 Å². The number of nitrogens with zero attached hydrogens (tertiary/aromatic N) is 6. The lowest BCUT2D eigenvalue weighted by atomic mass is 9.93. The van der Waals surface area contributed by atoms with Crippen molar-refractivity contribution < 1.29 is 4.42 Å². The number of aryl methyl sites for hydroxylation is 1. The fourth-order valence-corrected chi connectivity index (χ4v) is 2.32. The van der Waals surface area contributed by atoms with Crippen LogP contribution in [0.4, 0.5) is 0 Å². The summed E-state index contributed by atoms with van der Waals surface area (Å²) >= 11 is 0. The van der Waals surface area contributed by atoms with Crippen molar-refractivity contribution in [2.75, 3.05) is 0 Å². The van der Waals surface area contributed by atoms with Gasteiger partial charge in [0.25, 0.3) is 11.8 Å². The van der Waals surface area contributed by atoms with Gasteiger partial charge in [0.1, 0.15) is 5.69 Å². The number of hydrogen-bond acceptors (Lipinski definition) is 5. The summed E-state index contributed by atoms with van der Waals surface area (Å²) in [6, 6.07) is 4.35. The first-order valence-corrected chi connectivity index (χ1v) is 6.68. The Hall–Kier alpha value is -2.44. The highest BCUT2D eigenvalue weighted by atomic mass is 16.4. The van der Waals surface area contributed by atoms with Crippen LogP contribution in [0.1, 0.15) is 25.3 Å². The van der Waals surface area contributed by atoms with E-state index >= 15 is 0 Å². The first-order valence-electron chi connectivity index (χ1n) is 6.68. The average Bonchev–Trinajstić information content (AvgIpc) is 3.04. The van der Waals surface area contributed by atoms with Crippen LogP contribution in [-0.2, 0) is 7.05 Å². The fraction of sp³-hybridized carbons (Fsp3) is 0.385. The standard InChI is InChI=1S/C13H14N6O/c1-18-7-3-6-11(18)13-16-15-12(20-13)10-8-19(17-14-10)9-4-2-5-9/h3,6-9H,2,4-5H2,1H3. The highest BCUT2D eigenvalue weighted by molar-refractivity contribution is 5.51. The van der Waals surface area contributed by atoms with Gasteiger partial charge in [-0.05, 0) is 31.4 Å². The second kappa shape index (κ2) is 4.29. The van der Waals surface area contributed by atoms with Crippen molar-refractivity contribution in [2.45, 2.75) is 25.3 Å². The molecule has 0 spiro atoms. The fourth-order valence-electron chi connectivity index (χ4n) is 2.32. The summed E-state index contributed by atoms with van der Waals surface area (Å²) in [5.41, 5.74) is 1.51. The van der Waals surface area contributed by atoms with Crippen LogP contribution >= 0.6 is 0 Å². The van der Waals surface area contributed by atoms with Gasteiger partial charge >= 0.3 is 0 Å². The molecule has 0 unspecified atom stereocenters. The zero-order chi connectivity index (χ0) is 13.5. The number of rotatable bonds is 3. The van der Waals surface area contributed by atoms with E-state index < -0.39 is 0 Å². The summed E-state index contributed by atoms with van der Waals surface area (Å²) in [6.07, 6.45) is 7.42. The van der Waals surface area contributed by atoms with E-state index in [4.69, 9.17) is 4.42 Å². The van der Waals surface area contributed by atoms with E-state index in [-0.39, 0.29) is 0 Å². The van der Waals surface area contributed by atoms with Crippen molar-refractivity contribution in [3.8, 4) is 23.2 Å². The summed E-state index contributed by atoms with van der Waals surface area (Å²) in [5, 5.41) is 16.4. The molecule has 3 aromatic heterocycles. The Kier molecular flexibility index (Phi) is 2.45. The van der Waals surface area contributed by atoms with Crippen molar-refractivity contribution >= 4 is 0 Å². The van der Waals surface area contributed by atoms with Gasteiger partial charge in [0, 0.05) is 13.2 Å². The highest BCUT2D eigenvalue weighted by Gasteiger charge is 2.22. The molecule has 0 bridgehead atoms. The molecular formula is C13H14N6O. The SMILES string of the molecule is Cn1cccc1-c1nnc(-c2cn(C3CCC3)nn2)o1. The molecular weight excluding hydrogens is 256 g/mol. The van der Waals surface area contributed by atoms with E-state index in [0.717, 1.165) is 5.69 Å². The van der Waals surface area contributed by atoms with Crippen LogP contribution in [0.5, 0.6) is 0 Å². The van der Waals surface area contributed by atoms with Gasteiger partial charge in [-0.25, -0.2) is 4.68 Å². The first kappa shape index (κ1) is 11.4. The van der Waals surface area contributed by atoms with Gasteiger partial charge in [0.05, 0.1) is 12.2 Å². The molecule has 3 aromatic rings. The third kappa shape index (κ3) is 1.74. The first-order chi connectivity index (χ1) is 9.81. The Labute approximate surface area is 115 Å². The molecule has 0 aromatic carbocycles. The molecule has 0 aliphatic heterocycles. The molecule has 20 heavy (non-hydrogen) atoms. The van der Waals surface area contributed by atoms with E-state index in [2.05, 4.69) is 20.5 Å². The molecule has 0 atom stereocenters. The van der Waals surface area contributed by atoms with Crippen molar-refractivity contribution in [1.82, 2.24) is 29.8 Å². The van der Waals surface area contributed by atoms with E-state index in [1.54, 1.807) is 0 Å². The van der Waals surface area contributed by atoms with Gasteiger partial charge in [0.15, 0.2) is 5.69 Å². The molecule has 1 fully saturated rings. The quantitative estimate of drug-likeness (QED) is 0.728. The van der Waals surface area contributed by atoms with Gasteiger partial charge < -0.3 is 8.98 Å². The maximum absolute atomic E-state index is 5.68.